The van der Waals surface area contributed by atoms with Gasteiger partial charge in [0.25, 0.3) is 0 Å². The summed E-state index contributed by atoms with van der Waals surface area (Å²) in [6.07, 6.45) is 7.37. The van der Waals surface area contributed by atoms with E-state index in [-0.39, 0.29) is 18.6 Å². The Morgan fingerprint density at radius 2 is 1.90 bits per heavy atom. The lowest BCUT2D eigenvalue weighted by molar-refractivity contribution is -0.136. The molecule has 1 heterocycles. The predicted octanol–water partition coefficient (Wildman–Crippen LogP) is 3.88. The highest BCUT2D eigenvalue weighted by atomic mass is 32.2. The first-order chi connectivity index (χ1) is 14.5. The number of carboxylic acids is 1. The first kappa shape index (κ1) is 23.3. The SMILES string of the molecule is Cc1ccc(CS[C@H]2C[C@@H](O)[C@H](N3CCOCC3)[C@H]2CC/C=C\CCC(=O)O)cc1. The molecule has 30 heavy (non-hydrogen) atoms. The molecule has 1 saturated heterocycles. The Morgan fingerprint density at radius 1 is 1.20 bits per heavy atom. The highest BCUT2D eigenvalue weighted by molar-refractivity contribution is 7.99. The van der Waals surface area contributed by atoms with Crippen LogP contribution in [0.5, 0.6) is 0 Å². The summed E-state index contributed by atoms with van der Waals surface area (Å²) in [5, 5.41) is 20.1. The summed E-state index contributed by atoms with van der Waals surface area (Å²) in [6, 6.07) is 8.92. The molecule has 3 rings (SSSR count). The topological polar surface area (TPSA) is 70.0 Å². The highest BCUT2D eigenvalue weighted by Crippen LogP contribution is 2.42. The number of morpholine rings is 1. The van der Waals surface area contributed by atoms with Gasteiger partial charge in [0.2, 0.25) is 0 Å². The van der Waals surface area contributed by atoms with E-state index in [1.807, 2.05) is 17.8 Å². The van der Waals surface area contributed by atoms with Crippen LogP contribution in [0.2, 0.25) is 0 Å². The van der Waals surface area contributed by atoms with Gasteiger partial charge in [0.1, 0.15) is 0 Å². The molecule has 5 nitrogen and oxygen atoms in total. The van der Waals surface area contributed by atoms with Crippen LogP contribution in [0.1, 0.15) is 43.2 Å². The Morgan fingerprint density at radius 3 is 2.60 bits per heavy atom. The minimum Gasteiger partial charge on any atom is -0.481 e. The van der Waals surface area contributed by atoms with E-state index in [2.05, 4.69) is 42.2 Å². The van der Waals surface area contributed by atoms with Gasteiger partial charge in [0.05, 0.1) is 19.3 Å². The lowest BCUT2D eigenvalue weighted by atomic mass is 9.94. The summed E-state index contributed by atoms with van der Waals surface area (Å²) in [5.74, 6) is 0.648. The van der Waals surface area contributed by atoms with Gasteiger partial charge < -0.3 is 14.9 Å². The van der Waals surface area contributed by atoms with Crippen LogP contribution < -0.4 is 0 Å². The third kappa shape index (κ3) is 6.84. The summed E-state index contributed by atoms with van der Waals surface area (Å²) in [5.41, 5.74) is 2.61. The molecule has 1 aromatic rings. The maximum atomic E-state index is 10.9. The first-order valence-corrected chi connectivity index (χ1v) is 12.1. The van der Waals surface area contributed by atoms with E-state index in [9.17, 15) is 9.90 Å². The number of hydrogen-bond acceptors (Lipinski definition) is 5. The molecule has 0 bridgehead atoms. The number of aliphatic hydroxyl groups is 1. The zero-order valence-electron chi connectivity index (χ0n) is 17.9. The standard InChI is InChI=1S/C24H35NO4S/c1-18-8-10-19(11-9-18)17-30-22-16-21(26)24(25-12-14-29-15-13-25)20(22)6-4-2-3-5-7-23(27)28/h2-3,8-11,20-22,24,26H,4-7,12-17H2,1H3,(H,27,28)/b3-2-/t20-,21+,22-,24+/m0/s1. The molecule has 4 atom stereocenters. The number of benzene rings is 1. The normalized spacial score (nSPS) is 27.7. The zero-order chi connectivity index (χ0) is 21.3. The average molecular weight is 434 g/mol. The van der Waals surface area contributed by atoms with Gasteiger partial charge in [-0.25, -0.2) is 0 Å². The molecule has 0 aromatic heterocycles. The predicted molar refractivity (Wildman–Crippen MR) is 122 cm³/mol. The van der Waals surface area contributed by atoms with Gasteiger partial charge in [-0.15, -0.1) is 0 Å². The van der Waals surface area contributed by atoms with Crippen molar-refractivity contribution in [2.75, 3.05) is 26.3 Å². The number of aryl methyl sites for hydroxylation is 1. The lowest BCUT2D eigenvalue weighted by Crippen LogP contribution is -2.50. The van der Waals surface area contributed by atoms with Crippen molar-refractivity contribution in [2.45, 2.75) is 62.2 Å². The summed E-state index contributed by atoms with van der Waals surface area (Å²) in [6.45, 7) is 5.37. The van der Waals surface area contributed by atoms with Crippen molar-refractivity contribution in [3.8, 4) is 0 Å². The average Bonchev–Trinajstić information content (AvgIpc) is 3.05. The van der Waals surface area contributed by atoms with Crippen LogP contribution in [0, 0.1) is 12.8 Å². The van der Waals surface area contributed by atoms with Crippen molar-refractivity contribution in [1.82, 2.24) is 4.90 Å². The molecular weight excluding hydrogens is 398 g/mol. The molecule has 2 N–H and O–H groups in total. The third-order valence-electron chi connectivity index (χ3n) is 6.19. The second-order valence-electron chi connectivity index (χ2n) is 8.42. The largest absolute Gasteiger partial charge is 0.481 e. The number of allylic oxidation sites excluding steroid dienone is 2. The number of rotatable bonds is 10. The fourth-order valence-electron chi connectivity index (χ4n) is 4.61. The van der Waals surface area contributed by atoms with E-state index < -0.39 is 5.97 Å². The molecular formula is C24H35NO4S. The van der Waals surface area contributed by atoms with E-state index in [4.69, 9.17) is 9.84 Å². The Kier molecular flexibility index (Phi) is 9.25. The molecule has 2 fully saturated rings. The fraction of sp³-hybridized carbons (Fsp3) is 0.625. The summed E-state index contributed by atoms with van der Waals surface area (Å²) in [7, 11) is 0. The molecule has 166 valence electrons. The van der Waals surface area contributed by atoms with Crippen LogP contribution >= 0.6 is 11.8 Å². The van der Waals surface area contributed by atoms with Crippen LogP contribution in [0.15, 0.2) is 36.4 Å². The van der Waals surface area contributed by atoms with Gasteiger partial charge in [0.15, 0.2) is 0 Å². The van der Waals surface area contributed by atoms with Gasteiger partial charge in [-0.2, -0.15) is 11.8 Å². The van der Waals surface area contributed by atoms with E-state index in [0.717, 1.165) is 51.3 Å². The van der Waals surface area contributed by atoms with Crippen LogP contribution in [0.3, 0.4) is 0 Å². The van der Waals surface area contributed by atoms with Crippen molar-refractivity contribution in [3.05, 3.63) is 47.5 Å². The van der Waals surface area contributed by atoms with Gasteiger partial charge in [-0.05, 0) is 44.1 Å². The zero-order valence-corrected chi connectivity index (χ0v) is 18.7. The van der Waals surface area contributed by atoms with Crippen LogP contribution in [-0.4, -0.2) is 64.8 Å². The summed E-state index contributed by atoms with van der Waals surface area (Å²) < 4.78 is 5.53. The second kappa shape index (κ2) is 11.9. The number of nitrogens with zero attached hydrogens (tertiary/aromatic N) is 1. The molecule has 0 radical (unpaired) electrons. The van der Waals surface area contributed by atoms with Crippen molar-refractivity contribution < 1.29 is 19.7 Å². The van der Waals surface area contributed by atoms with E-state index in [1.165, 1.54) is 11.1 Å². The van der Waals surface area contributed by atoms with Crippen LogP contribution in [0.4, 0.5) is 0 Å². The van der Waals surface area contributed by atoms with E-state index in [1.54, 1.807) is 0 Å². The quantitative estimate of drug-likeness (QED) is 0.546. The summed E-state index contributed by atoms with van der Waals surface area (Å²) >= 11 is 1.98. The Labute approximate surface area is 184 Å². The number of carboxylic acid groups (broad SMARTS) is 1. The van der Waals surface area contributed by atoms with Crippen LogP contribution in [0.25, 0.3) is 0 Å². The van der Waals surface area contributed by atoms with Gasteiger partial charge in [0, 0.05) is 36.6 Å². The molecule has 1 aliphatic carbocycles. The van der Waals surface area contributed by atoms with Crippen molar-refractivity contribution in [2.24, 2.45) is 5.92 Å². The van der Waals surface area contributed by atoms with Crippen molar-refractivity contribution >= 4 is 17.7 Å². The smallest absolute Gasteiger partial charge is 0.303 e. The second-order valence-corrected chi connectivity index (χ2v) is 9.65. The first-order valence-electron chi connectivity index (χ1n) is 11.1. The number of aliphatic carboxylic acids is 1. The molecule has 6 heteroatoms. The van der Waals surface area contributed by atoms with Crippen LogP contribution in [-0.2, 0) is 15.3 Å². The molecule has 0 amide bonds. The molecule has 1 aromatic carbocycles. The van der Waals surface area contributed by atoms with Gasteiger partial charge in [-0.1, -0.05) is 42.0 Å². The number of ether oxygens (including phenoxy) is 1. The molecule has 1 saturated carbocycles. The summed E-state index contributed by atoms with van der Waals surface area (Å²) in [4.78, 5) is 13.1. The van der Waals surface area contributed by atoms with Crippen molar-refractivity contribution in [3.63, 3.8) is 0 Å². The maximum absolute atomic E-state index is 10.9. The molecule has 0 unspecified atom stereocenters. The number of thioether (sulfide) groups is 1. The molecule has 0 spiro atoms. The van der Waals surface area contributed by atoms with Gasteiger partial charge >= 0.3 is 5.97 Å². The van der Waals surface area contributed by atoms with Crippen molar-refractivity contribution in [1.29, 1.82) is 0 Å². The Hall–Kier alpha value is -1.34. The Balaban J connectivity index is 1.61. The number of carbonyl (C=O) groups is 1. The van der Waals surface area contributed by atoms with E-state index in [0.29, 0.717) is 17.6 Å². The Bertz CT molecular complexity index is 687. The third-order valence-corrected chi connectivity index (χ3v) is 7.66. The minimum absolute atomic E-state index is 0.185. The number of hydrogen-bond donors (Lipinski definition) is 2. The number of aliphatic hydroxyl groups excluding tert-OH is 1. The lowest BCUT2D eigenvalue weighted by Gasteiger charge is -2.38. The fourth-order valence-corrected chi connectivity index (χ4v) is 6.09. The molecule has 2 aliphatic rings. The monoisotopic (exact) mass is 433 g/mol. The highest BCUT2D eigenvalue weighted by Gasteiger charge is 2.45. The minimum atomic E-state index is -0.751. The molecule has 1 aliphatic heterocycles. The maximum Gasteiger partial charge on any atom is 0.303 e. The van der Waals surface area contributed by atoms with Gasteiger partial charge in [-0.3, -0.25) is 9.69 Å². The van der Waals surface area contributed by atoms with E-state index >= 15 is 0 Å².